The molecule has 5 N–H and O–H groups in total. The van der Waals surface area contributed by atoms with Crippen molar-refractivity contribution in [3.05, 3.63) is 60.2 Å². The molecule has 4 amide bonds. The monoisotopic (exact) mass is 638 g/mol. The molecule has 0 fully saturated rings. The van der Waals surface area contributed by atoms with Crippen LogP contribution >= 0.6 is 0 Å². The van der Waals surface area contributed by atoms with E-state index in [2.05, 4.69) is 10.6 Å². The fourth-order valence-electron chi connectivity index (χ4n) is 5.39. The standard InChI is InChI=1S/C35H50N4O7/c1-6-7-9-18-31(42)38-30(20-40)35(23-41,19-24(2)3)22-37-32(43)26(5)39(33(44)25(4)36)34(45)46-21-28-16-12-13-17-29(28)27-14-10-8-11-15-27/h8,10-17,20,24-26,30,41H,6-7,9,18-19,21-23,36H2,1-5H3,(H,37,43)(H,38,42)/t25-,26-,30?,35?/m0/s1. The Kier molecular flexibility index (Phi) is 15.5. The summed E-state index contributed by atoms with van der Waals surface area (Å²) in [6.45, 7) is 7.70. The maximum atomic E-state index is 13.5. The Morgan fingerprint density at radius 1 is 1.00 bits per heavy atom. The Bertz CT molecular complexity index is 1300. The van der Waals surface area contributed by atoms with Crippen molar-refractivity contribution in [2.24, 2.45) is 17.1 Å². The predicted molar refractivity (Wildman–Crippen MR) is 176 cm³/mol. The number of carbonyl (C=O) groups is 5. The van der Waals surface area contributed by atoms with E-state index in [1.54, 1.807) is 12.1 Å². The molecule has 11 nitrogen and oxygen atoms in total. The first-order valence-electron chi connectivity index (χ1n) is 15.9. The molecule has 252 valence electrons. The summed E-state index contributed by atoms with van der Waals surface area (Å²) in [6, 6.07) is 13.4. The number of rotatable bonds is 18. The van der Waals surface area contributed by atoms with Crippen molar-refractivity contribution in [1.82, 2.24) is 15.5 Å². The van der Waals surface area contributed by atoms with Crippen LogP contribution in [0.1, 0.15) is 72.3 Å². The van der Waals surface area contributed by atoms with Crippen molar-refractivity contribution in [3.8, 4) is 11.1 Å². The van der Waals surface area contributed by atoms with Gasteiger partial charge >= 0.3 is 6.09 Å². The number of hydrogen-bond acceptors (Lipinski definition) is 8. The molecular formula is C35H50N4O7. The molecule has 0 saturated heterocycles. The molecule has 11 heteroatoms. The van der Waals surface area contributed by atoms with Gasteiger partial charge in [-0.3, -0.25) is 14.4 Å². The van der Waals surface area contributed by atoms with E-state index in [0.717, 1.165) is 24.0 Å². The lowest BCUT2D eigenvalue weighted by Gasteiger charge is -2.39. The topological polar surface area (TPSA) is 168 Å². The minimum absolute atomic E-state index is 0.00849. The van der Waals surface area contributed by atoms with Gasteiger partial charge < -0.3 is 31.0 Å². The number of nitrogens with zero attached hydrogens (tertiary/aromatic N) is 1. The summed E-state index contributed by atoms with van der Waals surface area (Å²) in [5, 5.41) is 16.0. The summed E-state index contributed by atoms with van der Waals surface area (Å²) in [6.07, 6.45) is 2.51. The van der Waals surface area contributed by atoms with Gasteiger partial charge in [0.1, 0.15) is 18.9 Å². The Morgan fingerprint density at radius 3 is 2.24 bits per heavy atom. The molecular weight excluding hydrogens is 588 g/mol. The van der Waals surface area contributed by atoms with E-state index in [9.17, 15) is 29.1 Å². The van der Waals surface area contributed by atoms with Gasteiger partial charge in [-0.25, -0.2) is 9.69 Å². The highest BCUT2D eigenvalue weighted by atomic mass is 16.6. The number of nitrogens with two attached hydrogens (primary N) is 1. The molecule has 0 radical (unpaired) electrons. The van der Waals surface area contributed by atoms with Gasteiger partial charge in [0.05, 0.1) is 18.7 Å². The largest absolute Gasteiger partial charge is 0.444 e. The van der Waals surface area contributed by atoms with Gasteiger partial charge in [0.25, 0.3) is 0 Å². The molecule has 0 aliphatic carbocycles. The fourth-order valence-corrected chi connectivity index (χ4v) is 5.39. The van der Waals surface area contributed by atoms with Crippen LogP contribution in [0.5, 0.6) is 0 Å². The molecule has 2 aromatic rings. The maximum absolute atomic E-state index is 13.5. The molecule has 2 aromatic carbocycles. The number of carbonyl (C=O) groups excluding carboxylic acids is 5. The molecule has 4 atom stereocenters. The SMILES string of the molecule is CCCCCC(=O)NC(C=O)C(CO)(CNC(=O)[C@H](C)N(C(=O)OCc1ccccc1-c1ccccc1)C(=O)[C@H](C)N)CC(C)C. The second-order valence-corrected chi connectivity index (χ2v) is 12.2. The summed E-state index contributed by atoms with van der Waals surface area (Å²) >= 11 is 0. The number of aldehydes is 1. The van der Waals surface area contributed by atoms with Crippen LogP contribution in [0.2, 0.25) is 0 Å². The molecule has 0 bridgehead atoms. The molecule has 0 aromatic heterocycles. The van der Waals surface area contributed by atoms with E-state index in [0.29, 0.717) is 29.6 Å². The van der Waals surface area contributed by atoms with Crippen molar-refractivity contribution < 1.29 is 33.8 Å². The fraction of sp³-hybridized carbons (Fsp3) is 0.514. The van der Waals surface area contributed by atoms with Crippen molar-refractivity contribution in [2.45, 2.75) is 91.5 Å². The van der Waals surface area contributed by atoms with Crippen LogP contribution in [-0.2, 0) is 30.5 Å². The van der Waals surface area contributed by atoms with Crippen LogP contribution in [0.25, 0.3) is 11.1 Å². The van der Waals surface area contributed by atoms with Gasteiger partial charge in [0, 0.05) is 18.4 Å². The number of hydrogen-bond donors (Lipinski definition) is 4. The van der Waals surface area contributed by atoms with Gasteiger partial charge in [-0.1, -0.05) is 88.2 Å². The number of aliphatic hydroxyl groups excluding tert-OH is 1. The zero-order valence-electron chi connectivity index (χ0n) is 27.7. The van der Waals surface area contributed by atoms with E-state index < -0.39 is 48.1 Å². The third-order valence-electron chi connectivity index (χ3n) is 7.91. The van der Waals surface area contributed by atoms with E-state index in [1.165, 1.54) is 13.8 Å². The lowest BCUT2D eigenvalue weighted by Crippen LogP contribution is -2.59. The Morgan fingerprint density at radius 2 is 1.65 bits per heavy atom. The Balaban J connectivity index is 2.25. The zero-order chi connectivity index (χ0) is 34.3. The summed E-state index contributed by atoms with van der Waals surface area (Å²) < 4.78 is 5.55. The lowest BCUT2D eigenvalue weighted by atomic mass is 9.74. The number of aliphatic hydroxyl groups is 1. The normalized spacial score (nSPS) is 14.3. The van der Waals surface area contributed by atoms with Gasteiger partial charge in [-0.15, -0.1) is 0 Å². The third-order valence-corrected chi connectivity index (χ3v) is 7.91. The average molecular weight is 639 g/mol. The molecule has 2 rings (SSSR count). The highest BCUT2D eigenvalue weighted by Crippen LogP contribution is 2.30. The first-order valence-corrected chi connectivity index (χ1v) is 15.9. The summed E-state index contributed by atoms with van der Waals surface area (Å²) in [5.74, 6) is -1.87. The average Bonchev–Trinajstić information content (AvgIpc) is 3.04. The van der Waals surface area contributed by atoms with Gasteiger partial charge in [0.2, 0.25) is 17.7 Å². The van der Waals surface area contributed by atoms with Crippen molar-refractivity contribution in [1.29, 1.82) is 0 Å². The summed E-state index contributed by atoms with van der Waals surface area (Å²) in [7, 11) is 0. The molecule has 0 aliphatic rings. The minimum atomic E-state index is -1.34. The highest BCUT2D eigenvalue weighted by Gasteiger charge is 2.42. The van der Waals surface area contributed by atoms with Crippen LogP contribution < -0.4 is 16.4 Å². The minimum Gasteiger partial charge on any atom is -0.444 e. The number of ether oxygens (including phenoxy) is 1. The predicted octanol–water partition coefficient (Wildman–Crippen LogP) is 3.96. The van der Waals surface area contributed by atoms with E-state index in [4.69, 9.17) is 10.5 Å². The molecule has 46 heavy (non-hydrogen) atoms. The number of benzene rings is 2. The quantitative estimate of drug-likeness (QED) is 0.141. The van der Waals surface area contributed by atoms with Gasteiger partial charge in [0.15, 0.2) is 0 Å². The molecule has 0 heterocycles. The van der Waals surface area contributed by atoms with Crippen molar-refractivity contribution in [2.75, 3.05) is 13.2 Å². The number of imide groups is 1. The molecule has 2 unspecified atom stereocenters. The van der Waals surface area contributed by atoms with Crippen LogP contribution in [0.4, 0.5) is 4.79 Å². The number of amides is 4. The Hall–Kier alpha value is -4.09. The Labute approximate surface area is 272 Å². The second-order valence-electron chi connectivity index (χ2n) is 12.2. The summed E-state index contributed by atoms with van der Waals surface area (Å²) in [5.41, 5.74) is 7.08. The lowest BCUT2D eigenvalue weighted by molar-refractivity contribution is -0.139. The zero-order valence-corrected chi connectivity index (χ0v) is 27.7. The van der Waals surface area contributed by atoms with Crippen molar-refractivity contribution in [3.63, 3.8) is 0 Å². The second kappa shape index (κ2) is 18.8. The summed E-state index contributed by atoms with van der Waals surface area (Å²) in [4.78, 5) is 65.5. The molecule has 0 aliphatic heterocycles. The van der Waals surface area contributed by atoms with Gasteiger partial charge in [-0.2, -0.15) is 0 Å². The van der Waals surface area contributed by atoms with E-state index >= 15 is 0 Å². The first kappa shape index (κ1) is 38.1. The van der Waals surface area contributed by atoms with E-state index in [1.807, 2.05) is 63.2 Å². The highest BCUT2D eigenvalue weighted by molar-refractivity contribution is 5.99. The van der Waals surface area contributed by atoms with Crippen LogP contribution in [-0.4, -0.2) is 71.4 Å². The number of unbranched alkanes of at least 4 members (excludes halogenated alkanes) is 2. The van der Waals surface area contributed by atoms with Crippen molar-refractivity contribution >= 4 is 30.1 Å². The van der Waals surface area contributed by atoms with Crippen LogP contribution in [0.3, 0.4) is 0 Å². The van der Waals surface area contributed by atoms with Gasteiger partial charge in [-0.05, 0) is 49.3 Å². The molecule has 0 spiro atoms. The van der Waals surface area contributed by atoms with Crippen LogP contribution in [0.15, 0.2) is 54.6 Å². The third kappa shape index (κ3) is 10.8. The smallest absolute Gasteiger partial charge is 0.417 e. The maximum Gasteiger partial charge on any atom is 0.417 e. The van der Waals surface area contributed by atoms with Crippen LogP contribution in [0, 0.1) is 11.3 Å². The first-order chi connectivity index (χ1) is 21.9. The molecule has 0 saturated carbocycles. The number of nitrogens with one attached hydrogen (secondary N) is 2. The van der Waals surface area contributed by atoms with E-state index in [-0.39, 0.29) is 31.4 Å².